The first-order valence-corrected chi connectivity index (χ1v) is 12.2. The molecule has 36 heavy (non-hydrogen) atoms. The smallest absolute Gasteiger partial charge is 0.151 e. The number of hydrogen-bond acceptors (Lipinski definition) is 3. The summed E-state index contributed by atoms with van der Waals surface area (Å²) < 4.78 is 2.18. The Bertz CT molecular complexity index is 1660. The zero-order valence-electron chi connectivity index (χ0n) is 19.7. The second-order valence-electron chi connectivity index (χ2n) is 8.68. The van der Waals surface area contributed by atoms with Crippen LogP contribution in [-0.2, 0) is 0 Å². The lowest BCUT2D eigenvalue weighted by atomic mass is 9.98. The number of aromatic nitrogens is 3. The summed E-state index contributed by atoms with van der Waals surface area (Å²) in [6.45, 7) is 2.08. The third kappa shape index (κ3) is 4.02. The van der Waals surface area contributed by atoms with Crippen LogP contribution >= 0.6 is 11.6 Å². The van der Waals surface area contributed by atoms with E-state index in [0.717, 1.165) is 50.6 Å². The van der Waals surface area contributed by atoms with E-state index in [1.807, 2.05) is 30.3 Å². The fraction of sp³-hybridized carbons (Fsp3) is 0.0323. The normalized spacial score (nSPS) is 11.1. The Morgan fingerprint density at radius 1 is 0.722 bits per heavy atom. The lowest BCUT2D eigenvalue weighted by molar-refractivity contribution is 1.08. The number of aryl methyl sites for hydroxylation is 1. The van der Waals surface area contributed by atoms with Crippen LogP contribution in [-0.4, -0.2) is 14.5 Å². The van der Waals surface area contributed by atoms with Crippen molar-refractivity contribution in [1.82, 2.24) is 14.5 Å². The largest absolute Gasteiger partial charge is 0.340 e. The Morgan fingerprint density at radius 3 is 2.11 bits per heavy atom. The van der Waals surface area contributed by atoms with Gasteiger partial charge in [0.05, 0.1) is 11.1 Å². The van der Waals surface area contributed by atoms with Gasteiger partial charge in [-0.3, -0.25) is 4.57 Å². The Hall–Kier alpha value is -4.41. The Balaban J connectivity index is 1.73. The van der Waals surface area contributed by atoms with Gasteiger partial charge in [0.15, 0.2) is 5.65 Å². The van der Waals surface area contributed by atoms with Gasteiger partial charge in [-0.2, -0.15) is 0 Å². The third-order valence-corrected chi connectivity index (χ3v) is 6.47. The molecule has 1 N–H and O–H groups in total. The van der Waals surface area contributed by atoms with Gasteiger partial charge < -0.3 is 5.32 Å². The summed E-state index contributed by atoms with van der Waals surface area (Å²) in [7, 11) is 0. The second kappa shape index (κ2) is 9.33. The molecule has 0 aliphatic heterocycles. The highest BCUT2D eigenvalue weighted by Gasteiger charge is 2.25. The van der Waals surface area contributed by atoms with Gasteiger partial charge in [0.25, 0.3) is 0 Å². The standard InChI is InChI=1S/C31H23ClN4/c1-21-15-17-25(18-16-21)35-30-28-27(22-9-4-2-5-10-22)29(23-11-6-3-7-12-23)36(31(28)34-20-33-30)26-14-8-13-24(32)19-26/h2-20H,1H3,(H,33,34,35). The molecule has 0 fully saturated rings. The van der Waals surface area contributed by atoms with Crippen LogP contribution < -0.4 is 5.32 Å². The molecule has 5 heteroatoms. The van der Waals surface area contributed by atoms with Gasteiger partial charge in [0.1, 0.15) is 12.1 Å². The molecule has 6 rings (SSSR count). The predicted octanol–water partition coefficient (Wildman–Crippen LogP) is 8.46. The highest BCUT2D eigenvalue weighted by molar-refractivity contribution is 6.30. The number of halogens is 1. The fourth-order valence-electron chi connectivity index (χ4n) is 4.60. The van der Waals surface area contributed by atoms with E-state index in [2.05, 4.69) is 95.7 Å². The Labute approximate surface area is 214 Å². The molecule has 2 heterocycles. The van der Waals surface area contributed by atoms with E-state index in [-0.39, 0.29) is 0 Å². The maximum Gasteiger partial charge on any atom is 0.151 e. The molecule has 174 valence electrons. The molecule has 4 aromatic carbocycles. The maximum absolute atomic E-state index is 6.46. The van der Waals surface area contributed by atoms with Gasteiger partial charge in [0, 0.05) is 22.0 Å². The van der Waals surface area contributed by atoms with E-state index in [1.165, 1.54) is 5.56 Å². The maximum atomic E-state index is 6.46. The van der Waals surface area contributed by atoms with Crippen LogP contribution in [0, 0.1) is 6.92 Å². The van der Waals surface area contributed by atoms with E-state index < -0.39 is 0 Å². The molecule has 2 aromatic heterocycles. The molecule has 0 bridgehead atoms. The van der Waals surface area contributed by atoms with Crippen LogP contribution in [0.25, 0.3) is 39.1 Å². The average Bonchev–Trinajstić information content (AvgIpc) is 3.27. The van der Waals surface area contributed by atoms with Crippen molar-refractivity contribution in [1.29, 1.82) is 0 Å². The quantitative estimate of drug-likeness (QED) is 0.266. The van der Waals surface area contributed by atoms with Crippen LogP contribution in [0.2, 0.25) is 5.02 Å². The molecule has 0 amide bonds. The fourth-order valence-corrected chi connectivity index (χ4v) is 4.79. The first-order chi connectivity index (χ1) is 17.7. The molecule has 0 saturated carbocycles. The van der Waals surface area contributed by atoms with Crippen molar-refractivity contribution >= 4 is 34.1 Å². The summed E-state index contributed by atoms with van der Waals surface area (Å²) in [5, 5.41) is 5.16. The molecule has 0 radical (unpaired) electrons. The molecule has 4 nitrogen and oxygen atoms in total. The van der Waals surface area contributed by atoms with Gasteiger partial charge in [-0.1, -0.05) is 96.0 Å². The zero-order chi connectivity index (χ0) is 24.5. The highest BCUT2D eigenvalue weighted by atomic mass is 35.5. The monoisotopic (exact) mass is 486 g/mol. The van der Waals surface area contributed by atoms with E-state index in [9.17, 15) is 0 Å². The summed E-state index contributed by atoms with van der Waals surface area (Å²) >= 11 is 6.46. The molecule has 0 unspecified atom stereocenters. The first kappa shape index (κ1) is 22.1. The number of benzene rings is 4. The predicted molar refractivity (Wildman–Crippen MR) is 149 cm³/mol. The first-order valence-electron chi connectivity index (χ1n) is 11.8. The van der Waals surface area contributed by atoms with E-state index in [4.69, 9.17) is 21.6 Å². The summed E-state index contributed by atoms with van der Waals surface area (Å²) in [5.41, 5.74) is 8.18. The van der Waals surface area contributed by atoms with Crippen LogP contribution in [0.3, 0.4) is 0 Å². The molecular weight excluding hydrogens is 464 g/mol. The molecule has 6 aromatic rings. The molecule has 0 aliphatic rings. The van der Waals surface area contributed by atoms with Crippen molar-refractivity contribution in [3.63, 3.8) is 0 Å². The molecule has 0 saturated heterocycles. The molecule has 0 atom stereocenters. The lowest BCUT2D eigenvalue weighted by Crippen LogP contribution is -2.00. The van der Waals surface area contributed by atoms with Crippen molar-refractivity contribution in [2.75, 3.05) is 5.32 Å². The SMILES string of the molecule is Cc1ccc(Nc2ncnc3c2c(-c2ccccc2)c(-c2ccccc2)n3-c2cccc(Cl)c2)cc1. The third-order valence-electron chi connectivity index (χ3n) is 6.24. The van der Waals surface area contributed by atoms with Gasteiger partial charge in [-0.15, -0.1) is 0 Å². The van der Waals surface area contributed by atoms with Gasteiger partial charge in [0.2, 0.25) is 0 Å². The highest BCUT2D eigenvalue weighted by Crippen LogP contribution is 2.44. The van der Waals surface area contributed by atoms with E-state index >= 15 is 0 Å². The Kier molecular flexibility index (Phi) is 5.72. The van der Waals surface area contributed by atoms with Crippen molar-refractivity contribution in [2.45, 2.75) is 6.92 Å². The number of rotatable bonds is 5. The van der Waals surface area contributed by atoms with Crippen molar-refractivity contribution in [3.8, 4) is 28.1 Å². The summed E-state index contributed by atoms with van der Waals surface area (Å²) in [4.78, 5) is 9.51. The molecule has 0 aliphatic carbocycles. The topological polar surface area (TPSA) is 42.7 Å². The summed E-state index contributed by atoms with van der Waals surface area (Å²) in [6.07, 6.45) is 1.61. The summed E-state index contributed by atoms with van der Waals surface area (Å²) in [5.74, 6) is 0.751. The van der Waals surface area contributed by atoms with Crippen molar-refractivity contribution in [2.24, 2.45) is 0 Å². The van der Waals surface area contributed by atoms with Crippen molar-refractivity contribution < 1.29 is 0 Å². The minimum Gasteiger partial charge on any atom is -0.340 e. The van der Waals surface area contributed by atoms with Gasteiger partial charge in [-0.05, 0) is 48.4 Å². The van der Waals surface area contributed by atoms with Gasteiger partial charge in [-0.25, -0.2) is 9.97 Å². The van der Waals surface area contributed by atoms with Crippen LogP contribution in [0.4, 0.5) is 11.5 Å². The minimum atomic E-state index is 0.668. The minimum absolute atomic E-state index is 0.668. The number of anilines is 2. The lowest BCUT2D eigenvalue weighted by Gasteiger charge is -2.13. The molecular formula is C31H23ClN4. The van der Waals surface area contributed by atoms with E-state index in [0.29, 0.717) is 5.02 Å². The summed E-state index contributed by atoms with van der Waals surface area (Å²) in [6, 6.07) is 37.0. The van der Waals surface area contributed by atoms with Crippen LogP contribution in [0.15, 0.2) is 116 Å². The molecule has 0 spiro atoms. The van der Waals surface area contributed by atoms with Gasteiger partial charge >= 0.3 is 0 Å². The van der Waals surface area contributed by atoms with Crippen LogP contribution in [0.5, 0.6) is 0 Å². The second-order valence-corrected chi connectivity index (χ2v) is 9.12. The average molecular weight is 487 g/mol. The number of nitrogens with one attached hydrogen (secondary N) is 1. The number of fused-ring (bicyclic) bond motifs is 1. The van der Waals surface area contributed by atoms with Crippen molar-refractivity contribution in [3.05, 3.63) is 126 Å². The zero-order valence-corrected chi connectivity index (χ0v) is 20.4. The number of hydrogen-bond donors (Lipinski definition) is 1. The van der Waals surface area contributed by atoms with E-state index in [1.54, 1.807) is 6.33 Å². The Morgan fingerprint density at radius 2 is 1.42 bits per heavy atom. The van der Waals surface area contributed by atoms with Crippen LogP contribution in [0.1, 0.15) is 5.56 Å². The number of nitrogens with zero attached hydrogens (tertiary/aromatic N) is 3.